The Hall–Kier alpha value is -0.980. The van der Waals surface area contributed by atoms with Crippen molar-refractivity contribution in [2.75, 3.05) is 0 Å². The van der Waals surface area contributed by atoms with Gasteiger partial charge in [-0.2, -0.15) is 0 Å². The second kappa shape index (κ2) is 4.69. The van der Waals surface area contributed by atoms with Gasteiger partial charge in [0.15, 0.2) is 0 Å². The van der Waals surface area contributed by atoms with Gasteiger partial charge in [-0.15, -0.1) is 0 Å². The molecule has 82 valence electrons. The molecule has 1 aromatic rings. The monoisotopic (exact) mass is 204 g/mol. The number of aryl methyl sites for hydroxylation is 1. The molecule has 1 fully saturated rings. The lowest BCUT2D eigenvalue weighted by atomic mass is 9.85. The number of phenolic OH excluding ortho intramolecular Hbond substituents is 1. The summed E-state index contributed by atoms with van der Waals surface area (Å²) in [5, 5.41) is 9.63. The van der Waals surface area contributed by atoms with Crippen LogP contribution in [0.2, 0.25) is 0 Å². The van der Waals surface area contributed by atoms with E-state index in [1.54, 1.807) is 0 Å². The minimum atomic E-state index is 0.448. The maximum Gasteiger partial charge on any atom is 0.118 e. The minimum Gasteiger partial charge on any atom is -0.508 e. The molecule has 1 nitrogen and oxygen atoms in total. The molecule has 0 bridgehead atoms. The molecule has 1 saturated carbocycles. The highest BCUT2D eigenvalue weighted by Crippen LogP contribution is 2.28. The van der Waals surface area contributed by atoms with Gasteiger partial charge in [0.1, 0.15) is 5.75 Å². The molecule has 0 saturated heterocycles. The summed E-state index contributed by atoms with van der Waals surface area (Å²) in [6.07, 6.45) is 8.08. The summed E-state index contributed by atoms with van der Waals surface area (Å²) < 4.78 is 0. The Balaban J connectivity index is 2.00. The van der Waals surface area contributed by atoms with Gasteiger partial charge in [-0.05, 0) is 36.5 Å². The first-order valence-electron chi connectivity index (χ1n) is 6.04. The summed E-state index contributed by atoms with van der Waals surface area (Å²) in [4.78, 5) is 0. The summed E-state index contributed by atoms with van der Waals surface area (Å²) in [5.41, 5.74) is 2.27. The number of benzene rings is 1. The van der Waals surface area contributed by atoms with Crippen molar-refractivity contribution in [2.24, 2.45) is 5.92 Å². The zero-order valence-corrected chi connectivity index (χ0v) is 9.50. The van der Waals surface area contributed by atoms with Crippen molar-refractivity contribution < 1.29 is 5.11 Å². The molecule has 1 heteroatoms. The standard InChI is InChI=1S/C14H20O/c1-11-7-8-13(10-14(11)15)9-12-5-3-2-4-6-12/h7-8,10,12,15H,2-6,9H2,1H3. The molecule has 1 aliphatic carbocycles. The molecule has 0 spiro atoms. The van der Waals surface area contributed by atoms with Gasteiger partial charge in [0.05, 0.1) is 0 Å². The van der Waals surface area contributed by atoms with E-state index in [9.17, 15) is 5.11 Å². The normalized spacial score (nSPS) is 17.9. The maximum absolute atomic E-state index is 9.63. The van der Waals surface area contributed by atoms with E-state index in [1.165, 1.54) is 37.7 Å². The number of rotatable bonds is 2. The highest BCUT2D eigenvalue weighted by molar-refractivity contribution is 5.35. The minimum absolute atomic E-state index is 0.448. The van der Waals surface area contributed by atoms with Crippen LogP contribution in [0.25, 0.3) is 0 Å². The third-order valence-electron chi connectivity index (χ3n) is 3.52. The fourth-order valence-electron chi connectivity index (χ4n) is 2.51. The molecule has 0 aliphatic heterocycles. The van der Waals surface area contributed by atoms with E-state index in [4.69, 9.17) is 0 Å². The van der Waals surface area contributed by atoms with E-state index in [0.29, 0.717) is 5.75 Å². The Morgan fingerprint density at radius 1 is 1.20 bits per heavy atom. The highest BCUT2D eigenvalue weighted by atomic mass is 16.3. The van der Waals surface area contributed by atoms with Crippen LogP contribution in [0, 0.1) is 12.8 Å². The van der Waals surface area contributed by atoms with E-state index in [-0.39, 0.29) is 0 Å². The van der Waals surface area contributed by atoms with Crippen LogP contribution in [0.4, 0.5) is 0 Å². The van der Waals surface area contributed by atoms with Crippen LogP contribution < -0.4 is 0 Å². The number of phenols is 1. The summed E-state index contributed by atoms with van der Waals surface area (Å²) in [5.74, 6) is 1.30. The van der Waals surface area contributed by atoms with Crippen LogP contribution in [-0.4, -0.2) is 5.11 Å². The predicted molar refractivity (Wildman–Crippen MR) is 63.1 cm³/mol. The first-order chi connectivity index (χ1) is 7.25. The predicted octanol–water partition coefficient (Wildman–Crippen LogP) is 3.82. The summed E-state index contributed by atoms with van der Waals surface area (Å²) in [6, 6.07) is 6.11. The van der Waals surface area contributed by atoms with E-state index in [1.807, 2.05) is 19.1 Å². The van der Waals surface area contributed by atoms with Gasteiger partial charge in [-0.1, -0.05) is 44.2 Å². The molecule has 0 amide bonds. The van der Waals surface area contributed by atoms with Crippen LogP contribution >= 0.6 is 0 Å². The molecule has 0 atom stereocenters. The molecular weight excluding hydrogens is 184 g/mol. The van der Waals surface area contributed by atoms with E-state index >= 15 is 0 Å². The third-order valence-corrected chi connectivity index (χ3v) is 3.52. The molecule has 0 aromatic heterocycles. The maximum atomic E-state index is 9.63. The number of hydrogen-bond acceptors (Lipinski definition) is 1. The zero-order valence-electron chi connectivity index (χ0n) is 9.50. The summed E-state index contributed by atoms with van der Waals surface area (Å²) in [7, 11) is 0. The smallest absolute Gasteiger partial charge is 0.118 e. The van der Waals surface area contributed by atoms with Gasteiger partial charge in [0.25, 0.3) is 0 Å². The van der Waals surface area contributed by atoms with Gasteiger partial charge in [-0.3, -0.25) is 0 Å². The molecule has 0 heterocycles. The average Bonchev–Trinajstić information content (AvgIpc) is 2.25. The molecule has 0 unspecified atom stereocenters. The van der Waals surface area contributed by atoms with Crippen molar-refractivity contribution in [3.63, 3.8) is 0 Å². The third kappa shape index (κ3) is 2.74. The fourth-order valence-corrected chi connectivity index (χ4v) is 2.51. The quantitative estimate of drug-likeness (QED) is 0.776. The fraction of sp³-hybridized carbons (Fsp3) is 0.571. The Kier molecular flexibility index (Phi) is 3.30. The Morgan fingerprint density at radius 2 is 1.93 bits per heavy atom. The number of hydrogen-bond donors (Lipinski definition) is 1. The summed E-state index contributed by atoms with van der Waals surface area (Å²) >= 11 is 0. The first kappa shape index (κ1) is 10.5. The van der Waals surface area contributed by atoms with Crippen molar-refractivity contribution >= 4 is 0 Å². The van der Waals surface area contributed by atoms with Crippen LogP contribution in [0.1, 0.15) is 43.2 Å². The zero-order chi connectivity index (χ0) is 10.7. The second-order valence-corrected chi connectivity index (χ2v) is 4.83. The van der Waals surface area contributed by atoms with Crippen molar-refractivity contribution in [3.8, 4) is 5.75 Å². The lowest BCUT2D eigenvalue weighted by Crippen LogP contribution is -2.09. The molecule has 2 rings (SSSR count). The van der Waals surface area contributed by atoms with Crippen LogP contribution in [0.5, 0.6) is 5.75 Å². The highest BCUT2D eigenvalue weighted by Gasteiger charge is 2.14. The first-order valence-corrected chi connectivity index (χ1v) is 6.04. The van der Waals surface area contributed by atoms with Crippen molar-refractivity contribution in [3.05, 3.63) is 29.3 Å². The van der Waals surface area contributed by atoms with Crippen LogP contribution in [0.15, 0.2) is 18.2 Å². The van der Waals surface area contributed by atoms with Crippen molar-refractivity contribution in [1.82, 2.24) is 0 Å². The van der Waals surface area contributed by atoms with Crippen LogP contribution in [-0.2, 0) is 6.42 Å². The van der Waals surface area contributed by atoms with Crippen molar-refractivity contribution in [2.45, 2.75) is 45.4 Å². The average molecular weight is 204 g/mol. The molecular formula is C14H20O. The Labute approximate surface area is 92.1 Å². The van der Waals surface area contributed by atoms with Gasteiger partial charge in [0, 0.05) is 0 Å². The number of aromatic hydroxyl groups is 1. The second-order valence-electron chi connectivity index (χ2n) is 4.83. The molecule has 15 heavy (non-hydrogen) atoms. The lowest BCUT2D eigenvalue weighted by molar-refractivity contribution is 0.356. The van der Waals surface area contributed by atoms with Crippen LogP contribution in [0.3, 0.4) is 0 Å². The van der Waals surface area contributed by atoms with E-state index in [2.05, 4.69) is 6.07 Å². The molecule has 1 aromatic carbocycles. The topological polar surface area (TPSA) is 20.2 Å². The Morgan fingerprint density at radius 3 is 2.60 bits per heavy atom. The van der Waals surface area contributed by atoms with E-state index < -0.39 is 0 Å². The van der Waals surface area contributed by atoms with Gasteiger partial charge >= 0.3 is 0 Å². The van der Waals surface area contributed by atoms with E-state index in [0.717, 1.165) is 17.9 Å². The Bertz CT molecular complexity index is 324. The van der Waals surface area contributed by atoms with Crippen molar-refractivity contribution in [1.29, 1.82) is 0 Å². The van der Waals surface area contributed by atoms with Gasteiger partial charge in [-0.25, -0.2) is 0 Å². The van der Waals surface area contributed by atoms with Gasteiger partial charge in [0.2, 0.25) is 0 Å². The summed E-state index contributed by atoms with van der Waals surface area (Å²) in [6.45, 7) is 1.94. The van der Waals surface area contributed by atoms with Gasteiger partial charge < -0.3 is 5.11 Å². The largest absolute Gasteiger partial charge is 0.508 e. The SMILES string of the molecule is Cc1ccc(CC2CCCCC2)cc1O. The molecule has 1 aliphatic rings. The lowest BCUT2D eigenvalue weighted by Gasteiger charge is -2.21. The molecule has 1 N–H and O–H groups in total. The molecule has 0 radical (unpaired) electrons.